The molecular weight excluding hydrogens is 308 g/mol. The number of hydrogen-bond donors (Lipinski definition) is 1. The lowest BCUT2D eigenvalue weighted by Crippen LogP contribution is -2.37. The molecule has 0 atom stereocenters. The lowest BCUT2D eigenvalue weighted by atomic mass is 10.2. The highest BCUT2D eigenvalue weighted by atomic mass is 16.2. The fourth-order valence-electron chi connectivity index (χ4n) is 2.44. The van der Waals surface area contributed by atoms with Crippen molar-refractivity contribution < 1.29 is 0 Å². The molecule has 0 saturated heterocycles. The van der Waals surface area contributed by atoms with Crippen molar-refractivity contribution in [2.75, 3.05) is 5.43 Å². The first kappa shape index (κ1) is 15.7. The predicted octanol–water partition coefficient (Wildman–Crippen LogP) is 0.725. The van der Waals surface area contributed by atoms with E-state index in [0.717, 1.165) is 10.1 Å². The van der Waals surface area contributed by atoms with Gasteiger partial charge in [-0.3, -0.25) is 13.9 Å². The third-order valence-electron chi connectivity index (χ3n) is 3.93. The van der Waals surface area contributed by atoms with Gasteiger partial charge in [0, 0.05) is 21.1 Å². The summed E-state index contributed by atoms with van der Waals surface area (Å²) in [6.45, 7) is 2.02. The highest BCUT2D eigenvalue weighted by Crippen LogP contribution is 2.13. The zero-order valence-electron chi connectivity index (χ0n) is 13.9. The zero-order chi connectivity index (χ0) is 17.4. The maximum absolute atomic E-state index is 12.3. The highest BCUT2D eigenvalue weighted by molar-refractivity contribution is 5.80. The van der Waals surface area contributed by atoms with Crippen LogP contribution in [0.15, 0.2) is 39.0 Å². The average Bonchev–Trinajstić information content (AvgIpc) is 2.90. The molecule has 0 unspecified atom stereocenters. The van der Waals surface area contributed by atoms with Crippen LogP contribution in [0.5, 0.6) is 0 Å². The van der Waals surface area contributed by atoms with Gasteiger partial charge in [-0.05, 0) is 12.5 Å². The molecule has 1 N–H and O–H groups in total. The number of anilines is 1. The van der Waals surface area contributed by atoms with Gasteiger partial charge in [0.1, 0.15) is 0 Å². The maximum atomic E-state index is 12.3. The van der Waals surface area contributed by atoms with Crippen LogP contribution in [0.2, 0.25) is 0 Å². The second-order valence-corrected chi connectivity index (χ2v) is 5.65. The van der Waals surface area contributed by atoms with Crippen molar-refractivity contribution in [3.05, 3.63) is 56.2 Å². The summed E-state index contributed by atoms with van der Waals surface area (Å²) in [6, 6.07) is 7.90. The number of benzene rings is 1. The minimum absolute atomic E-state index is 0.318. The topological polar surface area (TPSA) is 86.2 Å². The number of imidazole rings is 1. The summed E-state index contributed by atoms with van der Waals surface area (Å²) < 4.78 is 3.98. The largest absolute Gasteiger partial charge is 0.332 e. The molecule has 0 amide bonds. The average molecular weight is 326 g/mol. The molecule has 0 spiro atoms. The third kappa shape index (κ3) is 2.51. The fraction of sp³-hybridized carbons (Fsp3) is 0.250. The number of hydrogen-bond acceptors (Lipinski definition) is 5. The SMILES string of the molecule is Cc1ccc(/C=N\Nc2nc3c(c(=O)n(C)c(=O)n3C)n2C)cc1. The van der Waals surface area contributed by atoms with Crippen LogP contribution < -0.4 is 16.7 Å². The molecule has 3 aromatic rings. The van der Waals surface area contributed by atoms with Gasteiger partial charge in [0.15, 0.2) is 11.2 Å². The summed E-state index contributed by atoms with van der Waals surface area (Å²) in [7, 11) is 4.72. The molecule has 2 heterocycles. The molecule has 0 saturated carbocycles. The molecule has 24 heavy (non-hydrogen) atoms. The van der Waals surface area contributed by atoms with Crippen molar-refractivity contribution in [1.29, 1.82) is 0 Å². The minimum atomic E-state index is -0.416. The van der Waals surface area contributed by atoms with Crippen LogP contribution in [-0.4, -0.2) is 24.9 Å². The molecule has 8 heteroatoms. The Balaban J connectivity index is 1.99. The van der Waals surface area contributed by atoms with Crippen molar-refractivity contribution in [1.82, 2.24) is 18.7 Å². The van der Waals surface area contributed by atoms with E-state index >= 15 is 0 Å². The zero-order valence-corrected chi connectivity index (χ0v) is 13.9. The lowest BCUT2D eigenvalue weighted by Gasteiger charge is -2.03. The summed E-state index contributed by atoms with van der Waals surface area (Å²) >= 11 is 0. The number of nitrogens with one attached hydrogen (secondary N) is 1. The van der Waals surface area contributed by atoms with Crippen molar-refractivity contribution in [3.8, 4) is 0 Å². The molecule has 0 fully saturated rings. The van der Waals surface area contributed by atoms with Crippen LogP contribution in [0.4, 0.5) is 5.95 Å². The van der Waals surface area contributed by atoms with Gasteiger partial charge >= 0.3 is 5.69 Å². The van der Waals surface area contributed by atoms with Crippen molar-refractivity contribution in [2.45, 2.75) is 6.92 Å². The van der Waals surface area contributed by atoms with Crippen LogP contribution in [0.25, 0.3) is 11.2 Å². The van der Waals surface area contributed by atoms with E-state index < -0.39 is 11.2 Å². The van der Waals surface area contributed by atoms with Crippen LogP contribution >= 0.6 is 0 Å². The van der Waals surface area contributed by atoms with Crippen molar-refractivity contribution >= 4 is 23.3 Å². The highest BCUT2D eigenvalue weighted by Gasteiger charge is 2.16. The molecule has 0 bridgehead atoms. The number of aromatic nitrogens is 4. The normalized spacial score (nSPS) is 11.5. The quantitative estimate of drug-likeness (QED) is 0.568. The molecule has 1 aromatic carbocycles. The van der Waals surface area contributed by atoms with Gasteiger partial charge in [-0.1, -0.05) is 29.8 Å². The predicted molar refractivity (Wildman–Crippen MR) is 93.6 cm³/mol. The summed E-state index contributed by atoms with van der Waals surface area (Å²) in [5.74, 6) is 0.381. The summed E-state index contributed by atoms with van der Waals surface area (Å²) in [6.07, 6.45) is 1.66. The lowest BCUT2D eigenvalue weighted by molar-refractivity contribution is 0.705. The second kappa shape index (κ2) is 5.80. The monoisotopic (exact) mass is 326 g/mol. The van der Waals surface area contributed by atoms with E-state index in [1.165, 1.54) is 17.2 Å². The van der Waals surface area contributed by atoms with Gasteiger partial charge in [-0.2, -0.15) is 10.1 Å². The Labute approximate surface area is 137 Å². The molecule has 3 rings (SSSR count). The van der Waals surface area contributed by atoms with Crippen LogP contribution in [-0.2, 0) is 21.1 Å². The van der Waals surface area contributed by atoms with Crippen LogP contribution in [0, 0.1) is 6.92 Å². The smallest absolute Gasteiger partial charge is 0.306 e. The maximum Gasteiger partial charge on any atom is 0.332 e. The van der Waals surface area contributed by atoms with Gasteiger partial charge in [0.2, 0.25) is 5.95 Å². The molecule has 0 aliphatic carbocycles. The molecule has 2 aromatic heterocycles. The van der Waals surface area contributed by atoms with Gasteiger partial charge in [-0.25, -0.2) is 10.2 Å². The number of aryl methyl sites for hydroxylation is 3. The van der Waals surface area contributed by atoms with Crippen molar-refractivity contribution in [2.24, 2.45) is 26.2 Å². The van der Waals surface area contributed by atoms with E-state index in [1.807, 2.05) is 31.2 Å². The number of fused-ring (bicyclic) bond motifs is 1. The van der Waals surface area contributed by atoms with Crippen LogP contribution in [0.1, 0.15) is 11.1 Å². The number of rotatable bonds is 3. The van der Waals surface area contributed by atoms with E-state index in [4.69, 9.17) is 0 Å². The molecule has 0 aliphatic rings. The van der Waals surface area contributed by atoms with Crippen LogP contribution in [0.3, 0.4) is 0 Å². The summed E-state index contributed by atoms with van der Waals surface area (Å²) in [5, 5.41) is 4.15. The number of hydrazone groups is 1. The van der Waals surface area contributed by atoms with Gasteiger partial charge in [0.25, 0.3) is 5.56 Å². The Morgan fingerprint density at radius 1 is 1.04 bits per heavy atom. The van der Waals surface area contributed by atoms with E-state index in [2.05, 4.69) is 15.5 Å². The molecular formula is C16H18N6O2. The Morgan fingerprint density at radius 2 is 1.71 bits per heavy atom. The summed E-state index contributed by atoms with van der Waals surface area (Å²) in [4.78, 5) is 28.6. The first-order chi connectivity index (χ1) is 11.4. The Bertz CT molecular complexity index is 1050. The van der Waals surface area contributed by atoms with E-state index in [9.17, 15) is 9.59 Å². The number of nitrogens with zero attached hydrogens (tertiary/aromatic N) is 5. The van der Waals surface area contributed by atoms with E-state index in [-0.39, 0.29) is 0 Å². The first-order valence-corrected chi connectivity index (χ1v) is 7.38. The first-order valence-electron chi connectivity index (χ1n) is 7.38. The molecule has 0 radical (unpaired) electrons. The molecule has 8 nitrogen and oxygen atoms in total. The second-order valence-electron chi connectivity index (χ2n) is 5.65. The van der Waals surface area contributed by atoms with Gasteiger partial charge in [0.05, 0.1) is 6.21 Å². The van der Waals surface area contributed by atoms with E-state index in [1.54, 1.807) is 24.9 Å². The standard InChI is InChI=1S/C16H18N6O2/c1-10-5-7-11(8-6-10)9-17-19-15-18-13-12(20(15)2)14(23)22(4)16(24)21(13)3/h5-9H,1-4H3,(H,18,19)/b17-9-. The van der Waals surface area contributed by atoms with Crippen molar-refractivity contribution in [3.63, 3.8) is 0 Å². The summed E-state index contributed by atoms with van der Waals surface area (Å²) in [5.41, 5.74) is 4.78. The minimum Gasteiger partial charge on any atom is -0.306 e. The Morgan fingerprint density at radius 3 is 2.38 bits per heavy atom. The Hall–Kier alpha value is -3.16. The van der Waals surface area contributed by atoms with E-state index in [0.29, 0.717) is 17.1 Å². The molecule has 124 valence electrons. The third-order valence-corrected chi connectivity index (χ3v) is 3.93. The Kier molecular flexibility index (Phi) is 3.80. The van der Waals surface area contributed by atoms with Gasteiger partial charge in [-0.15, -0.1) is 0 Å². The van der Waals surface area contributed by atoms with Gasteiger partial charge < -0.3 is 4.57 Å². The molecule has 0 aliphatic heterocycles. The fourth-order valence-corrected chi connectivity index (χ4v) is 2.44.